The Balaban J connectivity index is 2.10. The molecule has 0 bridgehead atoms. The van der Waals surface area contributed by atoms with Crippen LogP contribution in [0, 0.1) is 5.41 Å². The zero-order valence-electron chi connectivity index (χ0n) is 10.4. The van der Waals surface area contributed by atoms with E-state index >= 15 is 0 Å². The van der Waals surface area contributed by atoms with Crippen LogP contribution in [0.4, 0.5) is 13.2 Å². The first-order chi connectivity index (χ1) is 7.81. The van der Waals surface area contributed by atoms with E-state index in [0.29, 0.717) is 0 Å². The summed E-state index contributed by atoms with van der Waals surface area (Å²) < 4.78 is 38.8. The average molecular weight is 254 g/mol. The van der Waals surface area contributed by atoms with E-state index in [0.717, 1.165) is 32.5 Å². The molecule has 0 saturated carbocycles. The molecule has 17 heavy (non-hydrogen) atoms. The van der Waals surface area contributed by atoms with Gasteiger partial charge in [0.1, 0.15) is 0 Å². The summed E-state index contributed by atoms with van der Waals surface area (Å²) in [7, 11) is 2.09. The number of nitrogens with zero attached hydrogens (tertiary/aromatic N) is 1. The fourth-order valence-electron chi connectivity index (χ4n) is 1.96. The Morgan fingerprint density at radius 3 is 2.41 bits per heavy atom. The SMILES string of the molecule is CN1CCC(C)(CNCCOC(F)(F)F)CC1. The highest BCUT2D eigenvalue weighted by molar-refractivity contribution is 4.83. The Bertz CT molecular complexity index is 225. The predicted molar refractivity (Wildman–Crippen MR) is 59.7 cm³/mol. The lowest BCUT2D eigenvalue weighted by Gasteiger charge is -2.38. The summed E-state index contributed by atoms with van der Waals surface area (Å²) in [5.41, 5.74) is 0.199. The first-order valence-corrected chi connectivity index (χ1v) is 5.91. The van der Waals surface area contributed by atoms with Crippen LogP contribution in [0.25, 0.3) is 0 Å². The van der Waals surface area contributed by atoms with Gasteiger partial charge < -0.3 is 10.2 Å². The minimum absolute atomic E-state index is 0.199. The molecule has 0 aromatic carbocycles. The molecule has 0 unspecified atom stereocenters. The first kappa shape index (κ1) is 14.7. The molecule has 0 aromatic rings. The van der Waals surface area contributed by atoms with E-state index in [1.807, 2.05) is 0 Å². The second kappa shape index (κ2) is 6.02. The lowest BCUT2D eigenvalue weighted by Crippen LogP contribution is -2.42. The molecule has 1 rings (SSSR count). The van der Waals surface area contributed by atoms with Gasteiger partial charge in [-0.1, -0.05) is 6.92 Å². The maximum Gasteiger partial charge on any atom is 0.522 e. The normalized spacial score (nSPS) is 21.7. The molecule has 6 heteroatoms. The molecule has 1 fully saturated rings. The standard InChI is InChI=1S/C11H21F3N2O/c1-10(3-6-16(2)7-4-10)9-15-5-8-17-11(12,13)14/h15H,3-9H2,1-2H3. The van der Waals surface area contributed by atoms with E-state index < -0.39 is 6.36 Å². The average Bonchev–Trinajstić information content (AvgIpc) is 2.21. The van der Waals surface area contributed by atoms with Crippen molar-refractivity contribution in [1.82, 2.24) is 10.2 Å². The van der Waals surface area contributed by atoms with Gasteiger partial charge in [-0.3, -0.25) is 4.74 Å². The molecule has 3 nitrogen and oxygen atoms in total. The quantitative estimate of drug-likeness (QED) is 0.758. The van der Waals surface area contributed by atoms with Gasteiger partial charge in [0.2, 0.25) is 0 Å². The molecule has 1 N–H and O–H groups in total. The first-order valence-electron chi connectivity index (χ1n) is 5.91. The summed E-state index contributed by atoms with van der Waals surface area (Å²) in [6.45, 7) is 4.96. The van der Waals surface area contributed by atoms with Crippen LogP contribution in [-0.2, 0) is 4.74 Å². The summed E-state index contributed by atoms with van der Waals surface area (Å²) in [6, 6.07) is 0. The van der Waals surface area contributed by atoms with Crippen LogP contribution in [0.3, 0.4) is 0 Å². The van der Waals surface area contributed by atoms with Gasteiger partial charge in [-0.05, 0) is 38.4 Å². The van der Waals surface area contributed by atoms with Crippen molar-refractivity contribution in [1.29, 1.82) is 0 Å². The van der Waals surface area contributed by atoms with Gasteiger partial charge in [-0.25, -0.2) is 0 Å². The summed E-state index contributed by atoms with van der Waals surface area (Å²) in [4.78, 5) is 2.27. The van der Waals surface area contributed by atoms with E-state index in [9.17, 15) is 13.2 Å². The summed E-state index contributed by atoms with van der Waals surface area (Å²) in [6.07, 6.45) is -2.35. The largest absolute Gasteiger partial charge is 0.522 e. The van der Waals surface area contributed by atoms with Crippen LogP contribution in [0.2, 0.25) is 0 Å². The molecular weight excluding hydrogens is 233 g/mol. The molecular formula is C11H21F3N2O. The Morgan fingerprint density at radius 2 is 1.88 bits per heavy atom. The molecule has 0 spiro atoms. The van der Waals surface area contributed by atoms with Gasteiger partial charge in [-0.2, -0.15) is 0 Å². The van der Waals surface area contributed by atoms with Gasteiger partial charge in [0.15, 0.2) is 0 Å². The third kappa shape index (κ3) is 6.24. The van der Waals surface area contributed by atoms with E-state index in [1.54, 1.807) is 0 Å². The number of piperidine rings is 1. The minimum atomic E-state index is -4.51. The number of likely N-dealkylation sites (tertiary alicyclic amines) is 1. The third-order valence-corrected chi connectivity index (χ3v) is 3.29. The summed E-state index contributed by atoms with van der Waals surface area (Å²) >= 11 is 0. The molecule has 1 heterocycles. The second-order valence-corrected chi connectivity index (χ2v) is 5.08. The number of ether oxygens (including phenoxy) is 1. The maximum absolute atomic E-state index is 11.7. The number of alkyl halides is 3. The fraction of sp³-hybridized carbons (Fsp3) is 1.00. The lowest BCUT2D eigenvalue weighted by molar-refractivity contribution is -0.323. The van der Waals surface area contributed by atoms with Gasteiger partial charge in [0.05, 0.1) is 6.61 Å². The molecule has 0 aromatic heterocycles. The van der Waals surface area contributed by atoms with Crippen molar-refractivity contribution in [3.05, 3.63) is 0 Å². The monoisotopic (exact) mass is 254 g/mol. The van der Waals surface area contributed by atoms with Crippen LogP contribution in [0.15, 0.2) is 0 Å². The van der Waals surface area contributed by atoms with E-state index in [-0.39, 0.29) is 18.6 Å². The molecule has 0 amide bonds. The minimum Gasteiger partial charge on any atom is -0.314 e. The van der Waals surface area contributed by atoms with Gasteiger partial charge in [-0.15, -0.1) is 13.2 Å². The van der Waals surface area contributed by atoms with Crippen molar-refractivity contribution < 1.29 is 17.9 Å². The molecule has 1 saturated heterocycles. The lowest BCUT2D eigenvalue weighted by atomic mass is 9.80. The maximum atomic E-state index is 11.7. The molecule has 0 aliphatic carbocycles. The van der Waals surface area contributed by atoms with Crippen molar-refractivity contribution in [2.45, 2.75) is 26.1 Å². The van der Waals surface area contributed by atoms with Crippen LogP contribution in [0.1, 0.15) is 19.8 Å². The van der Waals surface area contributed by atoms with Crippen LogP contribution >= 0.6 is 0 Å². The second-order valence-electron chi connectivity index (χ2n) is 5.08. The number of halogens is 3. The Morgan fingerprint density at radius 1 is 1.29 bits per heavy atom. The summed E-state index contributed by atoms with van der Waals surface area (Å²) in [5, 5.41) is 3.04. The van der Waals surface area contributed by atoms with Crippen molar-refractivity contribution in [3.63, 3.8) is 0 Å². The summed E-state index contributed by atoms with van der Waals surface area (Å²) in [5.74, 6) is 0. The number of nitrogens with one attached hydrogen (secondary N) is 1. The van der Waals surface area contributed by atoms with E-state index in [1.165, 1.54) is 0 Å². The van der Waals surface area contributed by atoms with Gasteiger partial charge in [0.25, 0.3) is 0 Å². The Labute approximate surface area is 100 Å². The van der Waals surface area contributed by atoms with Crippen molar-refractivity contribution in [3.8, 4) is 0 Å². The molecule has 0 atom stereocenters. The van der Waals surface area contributed by atoms with E-state index in [4.69, 9.17) is 0 Å². The van der Waals surface area contributed by atoms with Crippen LogP contribution < -0.4 is 5.32 Å². The topological polar surface area (TPSA) is 24.5 Å². The molecule has 102 valence electrons. The zero-order chi connectivity index (χ0) is 12.9. The number of hydrogen-bond acceptors (Lipinski definition) is 3. The van der Waals surface area contributed by atoms with Gasteiger partial charge in [0, 0.05) is 13.1 Å². The highest BCUT2D eigenvalue weighted by Crippen LogP contribution is 2.29. The van der Waals surface area contributed by atoms with E-state index in [2.05, 4.69) is 28.9 Å². The third-order valence-electron chi connectivity index (χ3n) is 3.29. The van der Waals surface area contributed by atoms with Crippen LogP contribution in [0.5, 0.6) is 0 Å². The van der Waals surface area contributed by atoms with Gasteiger partial charge >= 0.3 is 6.36 Å². The highest BCUT2D eigenvalue weighted by Gasteiger charge is 2.30. The number of hydrogen-bond donors (Lipinski definition) is 1. The predicted octanol–water partition coefficient (Wildman–Crippen LogP) is 1.84. The molecule has 1 aliphatic rings. The van der Waals surface area contributed by atoms with Crippen LogP contribution in [-0.4, -0.2) is 51.1 Å². The van der Waals surface area contributed by atoms with Crippen molar-refractivity contribution in [2.24, 2.45) is 5.41 Å². The Kier molecular flexibility index (Phi) is 5.22. The van der Waals surface area contributed by atoms with Crippen molar-refractivity contribution >= 4 is 0 Å². The zero-order valence-corrected chi connectivity index (χ0v) is 10.4. The molecule has 1 aliphatic heterocycles. The highest BCUT2D eigenvalue weighted by atomic mass is 19.4. The number of rotatable bonds is 5. The van der Waals surface area contributed by atoms with Crippen molar-refractivity contribution in [2.75, 3.05) is 39.8 Å². The smallest absolute Gasteiger partial charge is 0.314 e. The molecule has 0 radical (unpaired) electrons. The fourth-order valence-corrected chi connectivity index (χ4v) is 1.96. The Hall–Kier alpha value is -0.330.